The first-order valence-electron chi connectivity index (χ1n) is 4.30. The lowest BCUT2D eigenvalue weighted by molar-refractivity contribution is 0.651. The Labute approximate surface area is 78.3 Å². The fourth-order valence-corrected chi connectivity index (χ4v) is 1.15. The van der Waals surface area contributed by atoms with Crippen LogP contribution < -0.4 is 0 Å². The minimum absolute atomic E-state index is 0.481. The molecule has 0 aliphatic carbocycles. The van der Waals surface area contributed by atoms with E-state index in [4.69, 9.17) is 5.26 Å². The Bertz CT molecular complexity index is 362. The van der Waals surface area contributed by atoms with E-state index >= 15 is 0 Å². The van der Waals surface area contributed by atoms with Crippen molar-refractivity contribution in [3.8, 4) is 6.07 Å². The molecule has 0 aromatic carbocycles. The summed E-state index contributed by atoms with van der Waals surface area (Å²) in [7, 11) is 0. The molecule has 0 N–H and O–H groups in total. The van der Waals surface area contributed by atoms with Crippen LogP contribution in [0.3, 0.4) is 0 Å². The van der Waals surface area contributed by atoms with Crippen molar-refractivity contribution in [2.24, 2.45) is 0 Å². The van der Waals surface area contributed by atoms with Crippen LogP contribution in [-0.2, 0) is 6.54 Å². The van der Waals surface area contributed by atoms with Crippen LogP contribution >= 0.6 is 0 Å². The molecule has 0 atom stereocenters. The summed E-state index contributed by atoms with van der Waals surface area (Å²) < 4.78 is 1.82. The zero-order chi connectivity index (χ0) is 9.84. The van der Waals surface area contributed by atoms with Gasteiger partial charge in [0.25, 0.3) is 0 Å². The van der Waals surface area contributed by atoms with Crippen molar-refractivity contribution >= 4 is 6.08 Å². The number of allylic oxidation sites excluding steroid dienone is 1. The predicted molar refractivity (Wildman–Crippen MR) is 51.9 cm³/mol. The van der Waals surface area contributed by atoms with Crippen LogP contribution in [0, 0.1) is 11.3 Å². The van der Waals surface area contributed by atoms with Gasteiger partial charge in [-0.25, -0.2) is 0 Å². The molecular weight excluding hydrogens is 162 g/mol. The number of hydrogen-bond donors (Lipinski definition) is 0. The highest BCUT2D eigenvalue weighted by atomic mass is 15.3. The maximum atomic E-state index is 8.66. The van der Waals surface area contributed by atoms with E-state index in [1.54, 1.807) is 6.07 Å². The topological polar surface area (TPSA) is 41.6 Å². The Morgan fingerprint density at radius 3 is 2.85 bits per heavy atom. The lowest BCUT2D eigenvalue weighted by Gasteiger charge is -1.98. The van der Waals surface area contributed by atoms with Crippen LogP contribution in [0.5, 0.6) is 0 Å². The zero-order valence-electron chi connectivity index (χ0n) is 8.20. The highest BCUT2D eigenvalue weighted by molar-refractivity contribution is 5.49. The molecule has 1 aromatic rings. The molecule has 0 aliphatic heterocycles. The van der Waals surface area contributed by atoms with Crippen molar-refractivity contribution in [2.75, 3.05) is 0 Å². The number of nitriles is 1. The summed E-state index contributed by atoms with van der Waals surface area (Å²) in [6, 6.07) is 3.84. The molecular formula is C10H13N3. The SMILES string of the molecule is CCn1nc(C#N)cc1C=C(C)C. The molecule has 0 fully saturated rings. The highest BCUT2D eigenvalue weighted by Gasteiger charge is 2.02. The molecule has 68 valence electrons. The minimum atomic E-state index is 0.481. The van der Waals surface area contributed by atoms with Crippen molar-refractivity contribution in [1.29, 1.82) is 5.26 Å². The molecule has 1 aromatic heterocycles. The predicted octanol–water partition coefficient (Wildman–Crippen LogP) is 2.20. The molecule has 3 nitrogen and oxygen atoms in total. The van der Waals surface area contributed by atoms with Crippen LogP contribution in [0.4, 0.5) is 0 Å². The molecule has 0 amide bonds. The second-order valence-corrected chi connectivity index (χ2v) is 3.10. The summed E-state index contributed by atoms with van der Waals surface area (Å²) in [5, 5.41) is 12.8. The van der Waals surface area contributed by atoms with Gasteiger partial charge < -0.3 is 0 Å². The number of rotatable bonds is 2. The van der Waals surface area contributed by atoms with Crippen LogP contribution in [0.2, 0.25) is 0 Å². The molecule has 13 heavy (non-hydrogen) atoms. The normalized spacial score (nSPS) is 9.38. The third kappa shape index (κ3) is 2.19. The lowest BCUT2D eigenvalue weighted by Crippen LogP contribution is -1.98. The van der Waals surface area contributed by atoms with Gasteiger partial charge in [-0.15, -0.1) is 0 Å². The van der Waals surface area contributed by atoms with Gasteiger partial charge in [-0.3, -0.25) is 4.68 Å². The van der Waals surface area contributed by atoms with Gasteiger partial charge in [-0.1, -0.05) is 5.57 Å². The van der Waals surface area contributed by atoms with Crippen molar-refractivity contribution in [2.45, 2.75) is 27.3 Å². The summed E-state index contributed by atoms with van der Waals surface area (Å²) >= 11 is 0. The lowest BCUT2D eigenvalue weighted by atomic mass is 10.2. The summed E-state index contributed by atoms with van der Waals surface area (Å²) in [6.45, 7) is 6.86. The van der Waals surface area contributed by atoms with Crippen LogP contribution in [0.1, 0.15) is 32.2 Å². The van der Waals surface area contributed by atoms with E-state index in [-0.39, 0.29) is 0 Å². The smallest absolute Gasteiger partial charge is 0.163 e. The van der Waals surface area contributed by atoms with E-state index in [0.29, 0.717) is 5.69 Å². The van der Waals surface area contributed by atoms with Crippen molar-refractivity contribution in [1.82, 2.24) is 9.78 Å². The summed E-state index contributed by atoms with van der Waals surface area (Å²) in [5.74, 6) is 0. The third-order valence-corrected chi connectivity index (χ3v) is 1.66. The van der Waals surface area contributed by atoms with E-state index in [1.165, 1.54) is 5.57 Å². The first kappa shape index (κ1) is 9.53. The average Bonchev–Trinajstić information content (AvgIpc) is 2.46. The molecule has 3 heteroatoms. The fourth-order valence-electron chi connectivity index (χ4n) is 1.15. The van der Waals surface area contributed by atoms with Gasteiger partial charge >= 0.3 is 0 Å². The molecule has 0 saturated carbocycles. The molecule has 0 spiro atoms. The fraction of sp³-hybridized carbons (Fsp3) is 0.400. The van der Waals surface area contributed by atoms with Crippen molar-refractivity contribution < 1.29 is 0 Å². The maximum Gasteiger partial charge on any atom is 0.163 e. The monoisotopic (exact) mass is 175 g/mol. The minimum Gasteiger partial charge on any atom is -0.264 e. The van der Waals surface area contributed by atoms with Gasteiger partial charge in [-0.05, 0) is 26.8 Å². The average molecular weight is 175 g/mol. The number of nitrogens with zero attached hydrogens (tertiary/aromatic N) is 3. The quantitative estimate of drug-likeness (QED) is 0.691. The van der Waals surface area contributed by atoms with Gasteiger partial charge in [0.2, 0.25) is 0 Å². The number of aryl methyl sites for hydroxylation is 1. The molecule has 1 rings (SSSR count). The Morgan fingerprint density at radius 1 is 1.69 bits per heavy atom. The van der Waals surface area contributed by atoms with E-state index in [2.05, 4.69) is 5.10 Å². The third-order valence-electron chi connectivity index (χ3n) is 1.66. The van der Waals surface area contributed by atoms with Crippen molar-refractivity contribution in [3.05, 3.63) is 23.0 Å². The van der Waals surface area contributed by atoms with Crippen LogP contribution in [-0.4, -0.2) is 9.78 Å². The van der Waals surface area contributed by atoms with Gasteiger partial charge in [0.1, 0.15) is 6.07 Å². The van der Waals surface area contributed by atoms with Crippen molar-refractivity contribution in [3.63, 3.8) is 0 Å². The molecule has 0 saturated heterocycles. The zero-order valence-corrected chi connectivity index (χ0v) is 8.20. The maximum absolute atomic E-state index is 8.66. The van der Waals surface area contributed by atoms with Gasteiger partial charge in [0, 0.05) is 12.6 Å². The summed E-state index contributed by atoms with van der Waals surface area (Å²) in [6.07, 6.45) is 2.03. The molecule has 0 radical (unpaired) electrons. The summed E-state index contributed by atoms with van der Waals surface area (Å²) in [4.78, 5) is 0. The molecule has 0 unspecified atom stereocenters. The molecule has 0 aliphatic rings. The largest absolute Gasteiger partial charge is 0.264 e. The van der Waals surface area contributed by atoms with Gasteiger partial charge in [-0.2, -0.15) is 10.4 Å². The second-order valence-electron chi connectivity index (χ2n) is 3.10. The van der Waals surface area contributed by atoms with E-state index in [0.717, 1.165) is 12.2 Å². The van der Waals surface area contributed by atoms with E-state index in [1.807, 2.05) is 37.6 Å². The van der Waals surface area contributed by atoms with Crippen LogP contribution in [0.25, 0.3) is 6.08 Å². The molecule has 0 bridgehead atoms. The van der Waals surface area contributed by atoms with Crippen LogP contribution in [0.15, 0.2) is 11.6 Å². The Morgan fingerprint density at radius 2 is 2.38 bits per heavy atom. The molecule has 1 heterocycles. The first-order valence-corrected chi connectivity index (χ1v) is 4.30. The second kappa shape index (κ2) is 3.90. The number of hydrogen-bond acceptors (Lipinski definition) is 2. The Hall–Kier alpha value is -1.56. The van der Waals surface area contributed by atoms with E-state index < -0.39 is 0 Å². The summed E-state index contributed by atoms with van der Waals surface area (Å²) in [5.41, 5.74) is 2.69. The van der Waals surface area contributed by atoms with Gasteiger partial charge in [0.15, 0.2) is 5.69 Å². The standard InChI is InChI=1S/C10H13N3/c1-4-13-10(5-8(2)3)6-9(7-11)12-13/h5-6H,4H2,1-3H3. The Kier molecular flexibility index (Phi) is 2.86. The van der Waals surface area contributed by atoms with Gasteiger partial charge in [0.05, 0.1) is 5.69 Å². The highest BCUT2D eigenvalue weighted by Crippen LogP contribution is 2.08. The van der Waals surface area contributed by atoms with E-state index in [9.17, 15) is 0 Å². The Balaban J connectivity index is 3.13. The number of aromatic nitrogens is 2. The first-order chi connectivity index (χ1) is 6.17.